The molecule has 1 aromatic heterocycles. The summed E-state index contributed by atoms with van der Waals surface area (Å²) in [7, 11) is 1.81. The predicted octanol–water partition coefficient (Wildman–Crippen LogP) is 2.01. The first kappa shape index (κ1) is 8.05. The minimum Gasteiger partial charge on any atom is -0.359 e. The van der Waals surface area contributed by atoms with E-state index in [1.165, 1.54) is 10.9 Å². The van der Waals surface area contributed by atoms with Gasteiger partial charge in [-0.2, -0.15) is 0 Å². The number of aromatic amines is 1. The standard InChI is InChI=1S/C11H12N2/c1-8-7-13-11-9(8)5-3-4-6-10(11)12-2/h3-7,13H,1-2H3. The molecule has 0 aliphatic rings. The molecule has 0 bridgehead atoms. The van der Waals surface area contributed by atoms with Crippen molar-refractivity contribution in [2.24, 2.45) is 4.99 Å². The Morgan fingerprint density at radius 2 is 2.00 bits per heavy atom. The fraction of sp³-hybridized carbons (Fsp3) is 0.182. The van der Waals surface area contributed by atoms with E-state index in [1.807, 2.05) is 31.4 Å². The van der Waals surface area contributed by atoms with Crippen LogP contribution in [0.1, 0.15) is 5.56 Å². The Morgan fingerprint density at radius 3 is 2.77 bits per heavy atom. The van der Waals surface area contributed by atoms with Gasteiger partial charge in [0.2, 0.25) is 0 Å². The van der Waals surface area contributed by atoms with Crippen LogP contribution in [0.2, 0.25) is 0 Å². The molecule has 0 aliphatic heterocycles. The van der Waals surface area contributed by atoms with Crippen molar-refractivity contribution >= 4 is 10.9 Å². The van der Waals surface area contributed by atoms with Crippen molar-refractivity contribution in [2.75, 3.05) is 7.05 Å². The molecule has 13 heavy (non-hydrogen) atoms. The highest BCUT2D eigenvalue weighted by atomic mass is 14.7. The monoisotopic (exact) mass is 172 g/mol. The maximum Gasteiger partial charge on any atom is 0.0811 e. The smallest absolute Gasteiger partial charge is 0.0811 e. The summed E-state index contributed by atoms with van der Waals surface area (Å²) in [5, 5.41) is 2.25. The highest BCUT2D eigenvalue weighted by molar-refractivity contribution is 5.81. The van der Waals surface area contributed by atoms with Crippen LogP contribution in [-0.4, -0.2) is 12.0 Å². The maximum absolute atomic E-state index is 4.22. The quantitative estimate of drug-likeness (QED) is 0.629. The third kappa shape index (κ3) is 1.24. The summed E-state index contributed by atoms with van der Waals surface area (Å²) in [6.45, 7) is 2.10. The SMILES string of the molecule is CN=c1ccccc2c(C)c[nH]c12. The van der Waals surface area contributed by atoms with Gasteiger partial charge in [0.15, 0.2) is 0 Å². The fourth-order valence-corrected chi connectivity index (χ4v) is 1.53. The first-order chi connectivity index (χ1) is 6.33. The Kier molecular flexibility index (Phi) is 1.89. The first-order valence-electron chi connectivity index (χ1n) is 4.33. The minimum absolute atomic E-state index is 1.01. The average Bonchev–Trinajstić information content (AvgIpc) is 2.39. The van der Waals surface area contributed by atoms with Gasteiger partial charge in [-0.05, 0) is 18.6 Å². The number of aryl methyl sites for hydroxylation is 1. The van der Waals surface area contributed by atoms with Gasteiger partial charge in [0.05, 0.1) is 10.9 Å². The summed E-state index contributed by atoms with van der Waals surface area (Å²) >= 11 is 0. The summed E-state index contributed by atoms with van der Waals surface area (Å²) in [6.07, 6.45) is 2.01. The maximum atomic E-state index is 4.22. The fourth-order valence-electron chi connectivity index (χ4n) is 1.53. The lowest BCUT2D eigenvalue weighted by atomic mass is 10.2. The van der Waals surface area contributed by atoms with Crippen LogP contribution < -0.4 is 5.36 Å². The molecule has 1 N–H and O–H groups in total. The highest BCUT2D eigenvalue weighted by Crippen LogP contribution is 2.11. The average molecular weight is 172 g/mol. The minimum atomic E-state index is 1.01. The van der Waals surface area contributed by atoms with E-state index in [4.69, 9.17) is 0 Å². The van der Waals surface area contributed by atoms with Crippen molar-refractivity contribution in [1.29, 1.82) is 0 Å². The van der Waals surface area contributed by atoms with E-state index in [-0.39, 0.29) is 0 Å². The van der Waals surface area contributed by atoms with Crippen LogP contribution in [0.3, 0.4) is 0 Å². The van der Waals surface area contributed by atoms with Crippen LogP contribution in [0.25, 0.3) is 10.9 Å². The molecule has 1 aromatic carbocycles. The summed E-state index contributed by atoms with van der Waals surface area (Å²) in [6, 6.07) is 8.17. The Morgan fingerprint density at radius 1 is 1.23 bits per heavy atom. The zero-order chi connectivity index (χ0) is 9.26. The molecule has 0 fully saturated rings. The van der Waals surface area contributed by atoms with Crippen molar-refractivity contribution < 1.29 is 0 Å². The molecule has 66 valence electrons. The normalized spacial score (nSPS) is 12.3. The van der Waals surface area contributed by atoms with E-state index in [0.717, 1.165) is 10.9 Å². The van der Waals surface area contributed by atoms with E-state index >= 15 is 0 Å². The van der Waals surface area contributed by atoms with E-state index in [2.05, 4.69) is 23.0 Å². The number of hydrogen-bond acceptors (Lipinski definition) is 1. The Bertz CT molecular complexity index is 495. The molecular formula is C11H12N2. The molecule has 0 unspecified atom stereocenters. The summed E-state index contributed by atoms with van der Waals surface area (Å²) in [4.78, 5) is 7.45. The molecule has 0 aliphatic carbocycles. The van der Waals surface area contributed by atoms with Crippen LogP contribution in [0.5, 0.6) is 0 Å². The van der Waals surface area contributed by atoms with Crippen LogP contribution in [-0.2, 0) is 0 Å². The van der Waals surface area contributed by atoms with E-state index in [0.29, 0.717) is 0 Å². The lowest BCUT2D eigenvalue weighted by Crippen LogP contribution is -1.97. The molecule has 0 saturated carbocycles. The molecule has 2 rings (SSSR count). The number of nitrogens with zero attached hydrogens (tertiary/aromatic N) is 1. The number of hydrogen-bond donors (Lipinski definition) is 1. The molecule has 0 saturated heterocycles. The second kappa shape index (κ2) is 3.05. The molecule has 2 aromatic rings. The number of fused-ring (bicyclic) bond motifs is 1. The summed E-state index contributed by atoms with van der Waals surface area (Å²) in [5.41, 5.74) is 2.38. The molecule has 2 nitrogen and oxygen atoms in total. The Balaban J connectivity index is 3.05. The molecule has 0 spiro atoms. The number of H-pyrrole nitrogens is 1. The lowest BCUT2D eigenvalue weighted by molar-refractivity contribution is 1.28. The van der Waals surface area contributed by atoms with Crippen molar-refractivity contribution in [3.63, 3.8) is 0 Å². The Hall–Kier alpha value is -1.57. The van der Waals surface area contributed by atoms with Gasteiger partial charge in [0, 0.05) is 18.6 Å². The van der Waals surface area contributed by atoms with Gasteiger partial charge in [-0.1, -0.05) is 18.2 Å². The van der Waals surface area contributed by atoms with Crippen molar-refractivity contribution in [3.05, 3.63) is 41.4 Å². The van der Waals surface area contributed by atoms with Gasteiger partial charge >= 0.3 is 0 Å². The highest BCUT2D eigenvalue weighted by Gasteiger charge is 1.97. The van der Waals surface area contributed by atoms with Gasteiger partial charge in [0.1, 0.15) is 0 Å². The van der Waals surface area contributed by atoms with Gasteiger partial charge in [0.25, 0.3) is 0 Å². The molecule has 0 radical (unpaired) electrons. The zero-order valence-electron chi connectivity index (χ0n) is 7.83. The third-order valence-corrected chi connectivity index (χ3v) is 2.25. The van der Waals surface area contributed by atoms with Crippen LogP contribution in [0.15, 0.2) is 35.5 Å². The molecule has 0 atom stereocenters. The topological polar surface area (TPSA) is 28.1 Å². The zero-order valence-corrected chi connectivity index (χ0v) is 7.83. The van der Waals surface area contributed by atoms with Gasteiger partial charge in [-0.15, -0.1) is 0 Å². The second-order valence-corrected chi connectivity index (χ2v) is 3.09. The van der Waals surface area contributed by atoms with E-state index < -0.39 is 0 Å². The Labute approximate surface area is 77.0 Å². The summed E-state index contributed by atoms with van der Waals surface area (Å²) < 4.78 is 0. The van der Waals surface area contributed by atoms with Crippen LogP contribution in [0, 0.1) is 6.92 Å². The van der Waals surface area contributed by atoms with E-state index in [1.54, 1.807) is 0 Å². The molecule has 1 heterocycles. The summed E-state index contributed by atoms with van der Waals surface area (Å²) in [5.74, 6) is 0. The van der Waals surface area contributed by atoms with Gasteiger partial charge in [-0.3, -0.25) is 4.99 Å². The second-order valence-electron chi connectivity index (χ2n) is 3.09. The van der Waals surface area contributed by atoms with Crippen molar-refractivity contribution in [1.82, 2.24) is 4.98 Å². The van der Waals surface area contributed by atoms with Gasteiger partial charge in [-0.25, -0.2) is 0 Å². The molecule has 2 heteroatoms. The van der Waals surface area contributed by atoms with E-state index in [9.17, 15) is 0 Å². The predicted molar refractivity (Wildman–Crippen MR) is 54.5 cm³/mol. The number of rotatable bonds is 0. The van der Waals surface area contributed by atoms with Crippen molar-refractivity contribution in [2.45, 2.75) is 6.92 Å². The molecule has 0 amide bonds. The van der Waals surface area contributed by atoms with Gasteiger partial charge < -0.3 is 4.98 Å². The first-order valence-corrected chi connectivity index (χ1v) is 4.33. The van der Waals surface area contributed by atoms with Crippen LogP contribution in [0.4, 0.5) is 0 Å². The third-order valence-electron chi connectivity index (χ3n) is 2.25. The van der Waals surface area contributed by atoms with Crippen molar-refractivity contribution in [3.8, 4) is 0 Å². The number of nitrogens with one attached hydrogen (secondary N) is 1. The molecular weight excluding hydrogens is 160 g/mol. The lowest BCUT2D eigenvalue weighted by Gasteiger charge is -1.83. The number of aromatic nitrogens is 1. The van der Waals surface area contributed by atoms with Crippen LogP contribution >= 0.6 is 0 Å². The largest absolute Gasteiger partial charge is 0.359 e.